The van der Waals surface area contributed by atoms with Crippen molar-refractivity contribution < 1.29 is 4.79 Å². The van der Waals surface area contributed by atoms with E-state index < -0.39 is 0 Å². The molecule has 1 N–H and O–H groups in total. The lowest BCUT2D eigenvalue weighted by Gasteiger charge is -2.08. The summed E-state index contributed by atoms with van der Waals surface area (Å²) in [6, 6.07) is 3.71. The van der Waals surface area contributed by atoms with Crippen molar-refractivity contribution in [2.45, 2.75) is 0 Å². The van der Waals surface area contributed by atoms with Crippen molar-refractivity contribution >= 4 is 29.2 Å². The van der Waals surface area contributed by atoms with Gasteiger partial charge in [0.15, 0.2) is 0 Å². The van der Waals surface area contributed by atoms with Crippen molar-refractivity contribution in [2.75, 3.05) is 14.1 Å². The van der Waals surface area contributed by atoms with Gasteiger partial charge in [0.05, 0.1) is 11.7 Å². The fraction of sp³-hybridized carbons (Fsp3) is 0.200. The monoisotopic (exact) mass is 225 g/mol. The molecule has 0 aromatic carbocycles. The molecule has 0 saturated heterocycles. The summed E-state index contributed by atoms with van der Waals surface area (Å²) < 4.78 is 0. The number of H-pyrrole nitrogens is 1. The number of hydrogen-bond donors (Lipinski definition) is 1. The van der Waals surface area contributed by atoms with Crippen molar-refractivity contribution in [1.82, 2.24) is 14.9 Å². The molecule has 1 amide bonds. The van der Waals surface area contributed by atoms with Crippen molar-refractivity contribution in [3.8, 4) is 0 Å². The average molecular weight is 226 g/mol. The van der Waals surface area contributed by atoms with Crippen LogP contribution in [0.5, 0.6) is 0 Å². The molecule has 0 bridgehead atoms. The largest absolute Gasteiger partial charge is 0.360 e. The molecule has 0 fully saturated rings. The van der Waals surface area contributed by atoms with Crippen LogP contribution >= 0.6 is 12.4 Å². The number of rotatable bonds is 1. The van der Waals surface area contributed by atoms with E-state index in [-0.39, 0.29) is 18.3 Å². The lowest BCUT2D eigenvalue weighted by Crippen LogP contribution is -2.22. The second-order valence-electron chi connectivity index (χ2n) is 3.33. The highest BCUT2D eigenvalue weighted by atomic mass is 35.5. The third-order valence-electron chi connectivity index (χ3n) is 2.06. The molecule has 0 aliphatic heterocycles. The van der Waals surface area contributed by atoms with Gasteiger partial charge in [-0.3, -0.25) is 4.79 Å². The molecule has 0 atom stereocenters. The third kappa shape index (κ3) is 2.10. The van der Waals surface area contributed by atoms with Crippen LogP contribution in [0.15, 0.2) is 24.5 Å². The lowest BCUT2D eigenvalue weighted by molar-refractivity contribution is 0.0822. The van der Waals surface area contributed by atoms with E-state index in [1.807, 2.05) is 12.3 Å². The molecule has 2 rings (SSSR count). The second kappa shape index (κ2) is 4.31. The predicted octanol–water partition coefficient (Wildman–Crippen LogP) is 1.69. The molecular weight excluding hydrogens is 214 g/mol. The minimum Gasteiger partial charge on any atom is -0.360 e. The Balaban J connectivity index is 0.00000112. The van der Waals surface area contributed by atoms with Crippen LogP contribution in [0, 0.1) is 0 Å². The number of nitrogens with zero attached hydrogens (tertiary/aromatic N) is 2. The van der Waals surface area contributed by atoms with Crippen LogP contribution < -0.4 is 0 Å². The third-order valence-corrected chi connectivity index (χ3v) is 2.06. The quantitative estimate of drug-likeness (QED) is 0.803. The summed E-state index contributed by atoms with van der Waals surface area (Å²) in [5.74, 6) is -0.0758. The van der Waals surface area contributed by atoms with E-state index in [4.69, 9.17) is 0 Å². The minimum atomic E-state index is -0.0758. The van der Waals surface area contributed by atoms with Crippen LogP contribution in [0.1, 0.15) is 10.5 Å². The summed E-state index contributed by atoms with van der Waals surface area (Å²) >= 11 is 0. The normalized spacial score (nSPS) is 9.73. The van der Waals surface area contributed by atoms with Crippen molar-refractivity contribution in [1.29, 1.82) is 0 Å². The van der Waals surface area contributed by atoms with E-state index in [1.54, 1.807) is 26.4 Å². The number of hydrogen-bond acceptors (Lipinski definition) is 2. The van der Waals surface area contributed by atoms with E-state index in [0.29, 0.717) is 5.69 Å². The van der Waals surface area contributed by atoms with E-state index in [9.17, 15) is 4.79 Å². The Bertz CT molecular complexity index is 478. The highest BCUT2D eigenvalue weighted by Crippen LogP contribution is 2.12. The maximum Gasteiger partial charge on any atom is 0.271 e. The van der Waals surface area contributed by atoms with Gasteiger partial charge in [-0.05, 0) is 12.1 Å². The molecule has 2 aromatic rings. The fourth-order valence-corrected chi connectivity index (χ4v) is 1.30. The summed E-state index contributed by atoms with van der Waals surface area (Å²) in [6.07, 6.45) is 3.50. The molecular formula is C10H12ClN3O. The molecule has 0 aliphatic carbocycles. The Hall–Kier alpha value is -1.55. The molecule has 80 valence electrons. The van der Waals surface area contributed by atoms with E-state index >= 15 is 0 Å². The number of nitrogens with one attached hydrogen (secondary N) is 1. The number of halogens is 1. The Kier molecular flexibility index (Phi) is 3.31. The van der Waals surface area contributed by atoms with Gasteiger partial charge < -0.3 is 9.88 Å². The number of pyridine rings is 1. The van der Waals surface area contributed by atoms with Crippen LogP contribution in [-0.4, -0.2) is 34.9 Å². The highest BCUT2D eigenvalue weighted by Gasteiger charge is 2.09. The summed E-state index contributed by atoms with van der Waals surface area (Å²) in [7, 11) is 3.43. The molecule has 0 spiro atoms. The summed E-state index contributed by atoms with van der Waals surface area (Å²) in [5, 5.41) is 1.00. The zero-order chi connectivity index (χ0) is 10.1. The average Bonchev–Trinajstić information content (AvgIpc) is 2.62. The van der Waals surface area contributed by atoms with Gasteiger partial charge >= 0.3 is 0 Å². The van der Waals surface area contributed by atoms with Gasteiger partial charge in [0.25, 0.3) is 5.91 Å². The van der Waals surface area contributed by atoms with Gasteiger partial charge in [-0.2, -0.15) is 0 Å². The van der Waals surface area contributed by atoms with Gasteiger partial charge in [0.1, 0.15) is 5.69 Å². The zero-order valence-electron chi connectivity index (χ0n) is 8.52. The SMILES string of the molecule is CN(C)C(=O)c1cc2cc[nH]c2cn1.Cl. The first-order chi connectivity index (χ1) is 6.68. The Morgan fingerprint density at radius 2 is 2.20 bits per heavy atom. The lowest BCUT2D eigenvalue weighted by atomic mass is 10.2. The van der Waals surface area contributed by atoms with Crippen molar-refractivity contribution in [2.24, 2.45) is 0 Å². The van der Waals surface area contributed by atoms with Crippen LogP contribution in [0.25, 0.3) is 10.9 Å². The fourth-order valence-electron chi connectivity index (χ4n) is 1.30. The molecule has 0 saturated carbocycles. The smallest absolute Gasteiger partial charge is 0.271 e. The molecule has 0 radical (unpaired) electrons. The Labute approximate surface area is 93.7 Å². The second-order valence-corrected chi connectivity index (χ2v) is 3.33. The summed E-state index contributed by atoms with van der Waals surface area (Å²) in [6.45, 7) is 0. The molecule has 5 heteroatoms. The Morgan fingerprint density at radius 1 is 1.47 bits per heavy atom. The van der Waals surface area contributed by atoms with Crippen molar-refractivity contribution in [3.63, 3.8) is 0 Å². The van der Waals surface area contributed by atoms with Gasteiger partial charge in [-0.1, -0.05) is 0 Å². The summed E-state index contributed by atoms with van der Waals surface area (Å²) in [5.41, 5.74) is 1.42. The molecule has 2 heterocycles. The van der Waals surface area contributed by atoms with E-state index in [2.05, 4.69) is 9.97 Å². The first-order valence-electron chi connectivity index (χ1n) is 4.33. The standard InChI is InChI=1S/C10H11N3O.ClH/c1-13(2)10(14)8-5-7-3-4-11-9(7)6-12-8;/h3-6,11H,1-2H3;1H. The summed E-state index contributed by atoms with van der Waals surface area (Å²) in [4.78, 5) is 20.2. The highest BCUT2D eigenvalue weighted by molar-refractivity contribution is 5.95. The topological polar surface area (TPSA) is 49.0 Å². The molecule has 4 nitrogen and oxygen atoms in total. The van der Waals surface area contributed by atoms with Crippen LogP contribution in [0.2, 0.25) is 0 Å². The van der Waals surface area contributed by atoms with Crippen LogP contribution in [0.3, 0.4) is 0 Å². The predicted molar refractivity (Wildman–Crippen MR) is 61.4 cm³/mol. The van der Waals surface area contributed by atoms with Gasteiger partial charge in [0, 0.05) is 25.7 Å². The van der Waals surface area contributed by atoms with Gasteiger partial charge in [0.2, 0.25) is 0 Å². The molecule has 0 unspecified atom stereocenters. The number of amides is 1. The Morgan fingerprint density at radius 3 is 2.87 bits per heavy atom. The molecule has 0 aliphatic rings. The number of aromatic amines is 1. The van der Waals surface area contributed by atoms with Crippen LogP contribution in [-0.2, 0) is 0 Å². The molecule has 2 aromatic heterocycles. The van der Waals surface area contributed by atoms with Gasteiger partial charge in [-0.15, -0.1) is 12.4 Å². The maximum absolute atomic E-state index is 11.6. The van der Waals surface area contributed by atoms with E-state index in [0.717, 1.165) is 10.9 Å². The van der Waals surface area contributed by atoms with Crippen molar-refractivity contribution in [3.05, 3.63) is 30.2 Å². The number of carbonyl (C=O) groups is 1. The first kappa shape index (κ1) is 11.5. The minimum absolute atomic E-state index is 0. The zero-order valence-corrected chi connectivity index (χ0v) is 9.34. The first-order valence-corrected chi connectivity index (χ1v) is 4.33. The number of fused-ring (bicyclic) bond motifs is 1. The number of carbonyl (C=O) groups excluding carboxylic acids is 1. The maximum atomic E-state index is 11.6. The number of aromatic nitrogens is 2. The van der Waals surface area contributed by atoms with Gasteiger partial charge in [-0.25, -0.2) is 4.98 Å². The molecule has 15 heavy (non-hydrogen) atoms. The van der Waals surface area contributed by atoms with Crippen LogP contribution in [0.4, 0.5) is 0 Å². The van der Waals surface area contributed by atoms with E-state index in [1.165, 1.54) is 4.90 Å².